The van der Waals surface area contributed by atoms with Crippen LogP contribution in [0.15, 0.2) is 30.6 Å². The Balaban J connectivity index is 1.16. The number of amides is 1. The Labute approximate surface area is 398 Å². The Morgan fingerprint density at radius 1 is 0.824 bits per heavy atom. The van der Waals surface area contributed by atoms with Crippen molar-refractivity contribution in [1.82, 2.24) is 19.5 Å². The second-order valence-corrected chi connectivity index (χ2v) is 20.8. The van der Waals surface area contributed by atoms with E-state index in [1.54, 1.807) is 23.6 Å². The summed E-state index contributed by atoms with van der Waals surface area (Å²) in [7, 11) is 0. The molecule has 15 nitrogen and oxygen atoms in total. The molecule has 3 aliphatic rings. The molecule has 2 aromatic heterocycles. The van der Waals surface area contributed by atoms with Gasteiger partial charge in [0.2, 0.25) is 11.5 Å². The number of imidazole rings is 1. The summed E-state index contributed by atoms with van der Waals surface area (Å²) in [5.74, 6) is 1.63. The number of benzene rings is 2. The Kier molecular flexibility index (Phi) is 14.0. The zero-order chi connectivity index (χ0) is 49.5. The van der Waals surface area contributed by atoms with Crippen LogP contribution in [0, 0.1) is 58.3 Å². The first-order valence-electron chi connectivity index (χ1n) is 23.6. The van der Waals surface area contributed by atoms with Crippen molar-refractivity contribution >= 4 is 46.8 Å². The molecule has 1 N–H and O–H groups in total. The van der Waals surface area contributed by atoms with Crippen LogP contribution in [0.5, 0.6) is 11.5 Å². The van der Waals surface area contributed by atoms with E-state index in [0.717, 1.165) is 35.1 Å². The van der Waals surface area contributed by atoms with Crippen molar-refractivity contribution in [2.75, 3.05) is 11.9 Å². The van der Waals surface area contributed by atoms with E-state index in [2.05, 4.69) is 21.2 Å². The summed E-state index contributed by atoms with van der Waals surface area (Å²) in [4.78, 5) is 80.0. The van der Waals surface area contributed by atoms with Gasteiger partial charge in [-0.25, -0.2) is 15.0 Å². The number of aryl methyl sites for hydroxylation is 5. The van der Waals surface area contributed by atoms with E-state index < -0.39 is 59.2 Å². The summed E-state index contributed by atoms with van der Waals surface area (Å²) in [6, 6.07) is 7.44. The lowest BCUT2D eigenvalue weighted by Crippen LogP contribution is -2.46. The summed E-state index contributed by atoms with van der Waals surface area (Å²) >= 11 is 0. The minimum absolute atomic E-state index is 0.0103. The molecule has 3 fully saturated rings. The van der Waals surface area contributed by atoms with Gasteiger partial charge in [0.05, 0.1) is 19.2 Å². The molecule has 1 spiro atoms. The number of esters is 4. The number of anilines is 1. The summed E-state index contributed by atoms with van der Waals surface area (Å²) in [5, 5.41) is 3.04. The highest BCUT2D eigenvalue weighted by atomic mass is 16.6. The quantitative estimate of drug-likeness (QED) is 0.0718. The van der Waals surface area contributed by atoms with E-state index in [1.807, 2.05) is 67.5 Å². The highest BCUT2D eigenvalue weighted by Gasteiger charge is 2.53. The zero-order valence-electron chi connectivity index (χ0n) is 41.3. The van der Waals surface area contributed by atoms with Crippen LogP contribution in [0.1, 0.15) is 151 Å². The van der Waals surface area contributed by atoms with E-state index >= 15 is 0 Å². The van der Waals surface area contributed by atoms with Crippen LogP contribution in [-0.2, 0) is 49.0 Å². The average molecular weight is 932 g/mol. The zero-order valence-corrected chi connectivity index (χ0v) is 41.3. The van der Waals surface area contributed by atoms with Crippen LogP contribution >= 0.6 is 0 Å². The summed E-state index contributed by atoms with van der Waals surface area (Å²) in [6.07, 6.45) is 13.2. The van der Waals surface area contributed by atoms with Crippen molar-refractivity contribution in [1.29, 1.82) is 0 Å². The molecule has 2 aliphatic carbocycles. The maximum atomic E-state index is 14.3. The number of nitrogens with one attached hydrogen (secondary N) is 1. The van der Waals surface area contributed by atoms with Gasteiger partial charge in [0, 0.05) is 48.1 Å². The van der Waals surface area contributed by atoms with Gasteiger partial charge < -0.3 is 29.0 Å². The standard InChI is InChI=1S/C53H65N5O10/c1-13-53(28-64-42(61)26-50(9,10)44-32(4)19-30(2)21-38(44)65-35(7)59)40(67-43(62)27-51(11,12)45-33(5)20-31(3)22-39(45)66-36(8)60)23-41(68-53)58-29-54-46-47(55-34(6)56-48(46)58)57-49(63)37-24-52(25-37)17-15-14-16-18-52/h1,19-22,29,37,40-41H,14-18,23-28H2,2-12H3,(H,55,56,57,63)/t40-,41+,53+/m0/s1. The van der Waals surface area contributed by atoms with E-state index in [1.165, 1.54) is 52.3 Å². The van der Waals surface area contributed by atoms with Crippen LogP contribution in [0.2, 0.25) is 0 Å². The van der Waals surface area contributed by atoms with Crippen LogP contribution in [0.25, 0.3) is 11.2 Å². The molecular weight excluding hydrogens is 867 g/mol. The van der Waals surface area contributed by atoms with Gasteiger partial charge in [0.1, 0.15) is 36.3 Å². The number of hydrogen-bond acceptors (Lipinski definition) is 13. The Morgan fingerprint density at radius 3 is 1.93 bits per heavy atom. The van der Waals surface area contributed by atoms with Crippen molar-refractivity contribution in [2.24, 2.45) is 11.3 Å². The summed E-state index contributed by atoms with van der Waals surface area (Å²) < 4.78 is 31.9. The lowest BCUT2D eigenvalue weighted by Gasteiger charge is -2.49. The van der Waals surface area contributed by atoms with Gasteiger partial charge in [-0.3, -0.25) is 28.5 Å². The Hall–Kier alpha value is -6.14. The second kappa shape index (κ2) is 19.1. The van der Waals surface area contributed by atoms with Gasteiger partial charge in [-0.15, -0.1) is 6.42 Å². The predicted octanol–water partition coefficient (Wildman–Crippen LogP) is 9.00. The third-order valence-corrected chi connectivity index (χ3v) is 13.9. The number of aromatic nitrogens is 4. The fraction of sp³-hybridized carbons (Fsp3) is 0.547. The third-order valence-electron chi connectivity index (χ3n) is 13.9. The highest BCUT2D eigenvalue weighted by Crippen LogP contribution is 2.55. The minimum Gasteiger partial charge on any atom is -0.461 e. The van der Waals surface area contributed by atoms with E-state index in [4.69, 9.17) is 35.1 Å². The number of fused-ring (bicyclic) bond motifs is 1. The first-order chi connectivity index (χ1) is 31.9. The predicted molar refractivity (Wildman–Crippen MR) is 254 cm³/mol. The molecular formula is C53H65N5O10. The number of ether oxygens (including phenoxy) is 5. The molecule has 0 unspecified atom stereocenters. The molecule has 0 bridgehead atoms. The number of terminal acetylenes is 1. The fourth-order valence-corrected chi connectivity index (χ4v) is 11.2. The van der Waals surface area contributed by atoms with Crippen LogP contribution in [0.3, 0.4) is 0 Å². The summed E-state index contributed by atoms with van der Waals surface area (Å²) in [5.41, 5.74) is 2.22. The van der Waals surface area contributed by atoms with Crippen molar-refractivity contribution in [3.8, 4) is 23.8 Å². The normalized spacial score (nSPS) is 20.3. The third kappa shape index (κ3) is 10.5. The van der Waals surface area contributed by atoms with Gasteiger partial charge in [0.25, 0.3) is 0 Å². The minimum atomic E-state index is -1.79. The lowest BCUT2D eigenvalue weighted by atomic mass is 9.55. The molecule has 1 aliphatic heterocycles. The smallest absolute Gasteiger partial charge is 0.308 e. The molecule has 3 atom stereocenters. The summed E-state index contributed by atoms with van der Waals surface area (Å²) in [6.45, 7) is 18.9. The SMILES string of the molecule is C#C[C@]1(COC(=O)CC(C)(C)c2c(C)cc(C)cc2OC(C)=O)O[C@@H](n2cnc3c(NC(=O)C4CC5(CCCCC5)C4)nc(C)nc32)C[C@@H]1OC(=O)CC(C)(C)c1c(C)cc(C)cc1OC(C)=O. The maximum Gasteiger partial charge on any atom is 0.308 e. The largest absolute Gasteiger partial charge is 0.461 e. The number of rotatable bonds is 14. The molecule has 15 heteroatoms. The topological polar surface area (TPSA) is 187 Å². The molecule has 3 heterocycles. The fourth-order valence-electron chi connectivity index (χ4n) is 11.2. The Morgan fingerprint density at radius 2 is 1.38 bits per heavy atom. The first-order valence-corrected chi connectivity index (χ1v) is 23.6. The molecule has 7 rings (SSSR count). The van der Waals surface area contributed by atoms with Crippen LogP contribution < -0.4 is 14.8 Å². The molecule has 68 heavy (non-hydrogen) atoms. The molecule has 1 amide bonds. The molecule has 2 aromatic carbocycles. The number of carbonyl (C=O) groups excluding carboxylic acids is 5. The van der Waals surface area contributed by atoms with Gasteiger partial charge in [-0.2, -0.15) is 0 Å². The maximum absolute atomic E-state index is 14.3. The lowest BCUT2D eigenvalue weighted by molar-refractivity contribution is -0.168. The van der Waals surface area contributed by atoms with Gasteiger partial charge >= 0.3 is 23.9 Å². The van der Waals surface area contributed by atoms with Gasteiger partial charge in [-0.1, -0.05) is 65.0 Å². The van der Waals surface area contributed by atoms with E-state index in [-0.39, 0.29) is 42.3 Å². The highest BCUT2D eigenvalue weighted by molar-refractivity contribution is 5.98. The average Bonchev–Trinajstić information content (AvgIpc) is 3.79. The number of hydrogen-bond donors (Lipinski definition) is 1. The van der Waals surface area contributed by atoms with Crippen LogP contribution in [-0.4, -0.2) is 67.6 Å². The first kappa shape index (κ1) is 49.8. The van der Waals surface area contributed by atoms with E-state index in [0.29, 0.717) is 39.6 Å². The molecule has 362 valence electrons. The number of nitrogens with zero attached hydrogens (tertiary/aromatic N) is 4. The second-order valence-electron chi connectivity index (χ2n) is 20.8. The molecule has 2 saturated carbocycles. The monoisotopic (exact) mass is 931 g/mol. The van der Waals surface area contributed by atoms with Crippen LogP contribution in [0.4, 0.5) is 5.82 Å². The van der Waals surface area contributed by atoms with Crippen molar-refractivity contribution in [3.63, 3.8) is 0 Å². The van der Waals surface area contributed by atoms with Crippen molar-refractivity contribution in [2.45, 2.75) is 169 Å². The molecule has 1 saturated heterocycles. The molecule has 0 radical (unpaired) electrons. The van der Waals surface area contributed by atoms with Crippen molar-refractivity contribution < 1.29 is 47.7 Å². The number of carbonyl (C=O) groups is 5. The van der Waals surface area contributed by atoms with Gasteiger partial charge in [0.15, 0.2) is 17.0 Å². The Bertz CT molecular complexity index is 2700. The van der Waals surface area contributed by atoms with E-state index in [9.17, 15) is 24.0 Å². The van der Waals surface area contributed by atoms with Gasteiger partial charge in [-0.05, 0) is 100 Å². The molecule has 4 aromatic rings. The van der Waals surface area contributed by atoms with Crippen molar-refractivity contribution in [3.05, 3.63) is 69.8 Å².